The third-order valence-electron chi connectivity index (χ3n) is 28.8. The van der Waals surface area contributed by atoms with Crippen molar-refractivity contribution in [3.8, 4) is 145 Å². The molecule has 0 unspecified atom stereocenters. The van der Waals surface area contributed by atoms with E-state index in [-0.39, 0.29) is 43.7 Å². The van der Waals surface area contributed by atoms with E-state index in [1.54, 1.807) is 4.57 Å². The zero-order chi connectivity index (χ0) is 110. The second-order valence-corrected chi connectivity index (χ2v) is 40.8. The molecule has 5 heteroatoms. The fourth-order valence-corrected chi connectivity index (χ4v) is 21.5. The summed E-state index contributed by atoms with van der Waals surface area (Å²) in [6.45, 7) is 19.6. The Balaban J connectivity index is 0.889. The van der Waals surface area contributed by atoms with Crippen LogP contribution in [0.25, 0.3) is 189 Å². The number of para-hydroxylation sites is 3. The van der Waals surface area contributed by atoms with Gasteiger partial charge in [-0.2, -0.15) is 0 Å². The molecule has 4 heterocycles. The zero-order valence-electron chi connectivity index (χ0n) is 95.9. The van der Waals surface area contributed by atoms with Gasteiger partial charge in [0.15, 0.2) is 0 Å². The van der Waals surface area contributed by atoms with Crippen molar-refractivity contribution in [2.45, 2.75) is 78.6 Å². The first-order valence-corrected chi connectivity index (χ1v) is 49.0. The summed E-state index contributed by atoms with van der Waals surface area (Å²) in [7, 11) is 0. The number of hydrogen-bond acceptors (Lipinski definition) is 2. The van der Waals surface area contributed by atoms with Gasteiger partial charge in [0.25, 0.3) is 6.71 Å². The second-order valence-electron chi connectivity index (χ2n) is 40.8. The van der Waals surface area contributed by atoms with E-state index in [4.69, 9.17) is 2.74 Å². The number of hydrogen-bond donors (Lipinski definition) is 0. The molecule has 143 heavy (non-hydrogen) atoms. The molecule has 4 nitrogen and oxygen atoms in total. The number of benzene rings is 21. The van der Waals surface area contributed by atoms with Crippen LogP contribution < -0.4 is 26.2 Å². The van der Waals surface area contributed by atoms with Gasteiger partial charge in [0.1, 0.15) is 0 Å². The topological polar surface area (TPSA) is 16.3 Å². The fourth-order valence-electron chi connectivity index (χ4n) is 21.5. The molecule has 2 aromatic heterocycles. The summed E-state index contributed by atoms with van der Waals surface area (Å²) >= 11 is 0. The van der Waals surface area contributed by atoms with Crippen LogP contribution in [0.15, 0.2) is 485 Å². The highest BCUT2D eigenvalue weighted by Gasteiger charge is 2.47. The minimum atomic E-state index is -0.777. The number of nitrogens with zero attached hydrogens (tertiary/aromatic N) is 4. The Labute approximate surface area is 860 Å². The van der Waals surface area contributed by atoms with E-state index in [1.165, 1.54) is 0 Å². The number of rotatable bonds is 16. The van der Waals surface area contributed by atoms with Crippen molar-refractivity contribution in [1.82, 2.24) is 9.13 Å². The Morgan fingerprint density at radius 3 is 0.895 bits per heavy atom. The number of fused-ring (bicyclic) bond motifs is 10. The third-order valence-corrected chi connectivity index (χ3v) is 28.8. The van der Waals surface area contributed by atoms with Gasteiger partial charge < -0.3 is 18.9 Å². The predicted octanol–water partition coefficient (Wildman–Crippen LogP) is 35.9. The van der Waals surface area contributed by atoms with E-state index in [9.17, 15) is 17.8 Å². The molecule has 0 fully saturated rings. The van der Waals surface area contributed by atoms with Gasteiger partial charge in [-0.05, 0) is 294 Å². The molecule has 0 saturated carbocycles. The van der Waals surface area contributed by atoms with Crippen LogP contribution in [0.5, 0.6) is 0 Å². The van der Waals surface area contributed by atoms with E-state index in [0.717, 1.165) is 200 Å². The molecule has 0 N–H and O–H groups in total. The molecule has 0 bridgehead atoms. The van der Waals surface area contributed by atoms with E-state index in [2.05, 4.69) is 436 Å². The van der Waals surface area contributed by atoms with Crippen molar-refractivity contribution in [3.05, 3.63) is 502 Å². The standard InChI is InChI=1S/C138H107BN4/c1-136(2,3)110-67-64-96(65-68-110)109-82-131-133-132(83-109)143(135-120(104-56-36-52-99(76-104)92-42-20-12-21-43-92)86-112(138(7,8)9)87-121(135)105-57-37-53-100(77-105)93-44-22-13-23-45-93)130-89-114(141-127-63-33-30-60-117(127)122-88-113(70-73-128(122)141)140-125-61-31-28-58-115(125)116-59-29-32-62-126(116)140)69-71-123(130)139(133)124-81-101(108-79-106(94-46-24-14-25-47-94)78-107(80-108)95-48-26-15-27-49-95)66-72-129(124)142(131)134-118(102-54-34-50-97(74-102)90-38-16-10-17-39-90)84-111(137(4,5)6)85-119(134)103-55-35-51-98(75-103)91-40-18-11-19-41-91/h10-89H,1-9H3/i28D,29D,30D,31D,32D,33D,58D,59D,60D,61D,62D,63D,70D,73D,88D. The Bertz CT molecular complexity index is 9570. The Morgan fingerprint density at radius 1 is 0.203 bits per heavy atom. The highest BCUT2D eigenvalue weighted by molar-refractivity contribution is 7.00. The summed E-state index contributed by atoms with van der Waals surface area (Å²) in [6.07, 6.45) is 0. The molecule has 23 aromatic rings. The van der Waals surface area contributed by atoms with Gasteiger partial charge in [0, 0.05) is 77.9 Å². The lowest BCUT2D eigenvalue weighted by Crippen LogP contribution is -2.61. The van der Waals surface area contributed by atoms with Gasteiger partial charge in [-0.15, -0.1) is 0 Å². The lowest BCUT2D eigenvalue weighted by atomic mass is 9.33. The molecule has 682 valence electrons. The van der Waals surface area contributed by atoms with Crippen molar-refractivity contribution in [2.24, 2.45) is 0 Å². The van der Waals surface area contributed by atoms with Gasteiger partial charge >= 0.3 is 0 Å². The third kappa shape index (κ3) is 15.7. The van der Waals surface area contributed by atoms with Crippen molar-refractivity contribution < 1.29 is 20.6 Å². The first-order chi connectivity index (χ1) is 76.0. The van der Waals surface area contributed by atoms with Crippen molar-refractivity contribution >= 4 is 101 Å². The van der Waals surface area contributed by atoms with Crippen LogP contribution in [0.2, 0.25) is 0 Å². The Kier molecular flexibility index (Phi) is 17.7. The second kappa shape index (κ2) is 35.0. The highest BCUT2D eigenvalue weighted by atomic mass is 15.2. The van der Waals surface area contributed by atoms with Crippen LogP contribution in [-0.2, 0) is 16.2 Å². The highest BCUT2D eigenvalue weighted by Crippen LogP contribution is 2.57. The average Bonchev–Trinajstić information content (AvgIpc) is 1.09. The van der Waals surface area contributed by atoms with Gasteiger partial charge in [-0.1, -0.05) is 414 Å². The van der Waals surface area contributed by atoms with Crippen LogP contribution in [0.3, 0.4) is 0 Å². The number of anilines is 6. The maximum Gasteiger partial charge on any atom is 0.252 e. The van der Waals surface area contributed by atoms with E-state index in [1.807, 2.05) is 30.3 Å². The summed E-state index contributed by atoms with van der Waals surface area (Å²) in [5, 5.41) is -1.13. The lowest BCUT2D eigenvalue weighted by Gasteiger charge is -2.46. The van der Waals surface area contributed by atoms with E-state index in [0.29, 0.717) is 5.69 Å². The summed E-state index contributed by atoms with van der Waals surface area (Å²) in [5.41, 5.74) is 30.9. The molecule has 0 radical (unpaired) electrons. The summed E-state index contributed by atoms with van der Waals surface area (Å²) in [4.78, 5) is 5.03. The average molecular weight is 1850 g/mol. The molecule has 2 aliphatic heterocycles. The summed E-state index contributed by atoms with van der Waals surface area (Å²) in [6, 6.07) is 132. The largest absolute Gasteiger partial charge is 0.310 e. The molecule has 25 rings (SSSR count). The monoisotopic (exact) mass is 1850 g/mol. The Morgan fingerprint density at radius 2 is 0.503 bits per heavy atom. The van der Waals surface area contributed by atoms with Crippen LogP contribution >= 0.6 is 0 Å². The van der Waals surface area contributed by atoms with Gasteiger partial charge in [0.05, 0.1) is 54.0 Å². The molecule has 0 spiro atoms. The minimum absolute atomic E-state index is 0.170. The number of aromatic nitrogens is 2. The van der Waals surface area contributed by atoms with Crippen LogP contribution in [0.1, 0.15) is 99.6 Å². The van der Waals surface area contributed by atoms with E-state index < -0.39 is 125 Å². The summed E-state index contributed by atoms with van der Waals surface area (Å²) < 4.78 is 152. The molecule has 21 aromatic carbocycles. The van der Waals surface area contributed by atoms with Crippen LogP contribution in [-0.4, -0.2) is 15.8 Å². The van der Waals surface area contributed by atoms with Crippen LogP contribution in [0.4, 0.5) is 34.1 Å². The Hall–Kier alpha value is -17.1. The maximum atomic E-state index is 11.1. The van der Waals surface area contributed by atoms with Gasteiger partial charge in [-0.25, -0.2) is 0 Å². The zero-order valence-corrected chi connectivity index (χ0v) is 80.9. The molecule has 0 aliphatic carbocycles. The van der Waals surface area contributed by atoms with Crippen LogP contribution in [0, 0.1) is 0 Å². The first-order valence-electron chi connectivity index (χ1n) is 56.5. The molecular formula is C138H107BN4. The van der Waals surface area contributed by atoms with Crippen molar-refractivity contribution in [3.63, 3.8) is 0 Å². The van der Waals surface area contributed by atoms with Gasteiger partial charge in [0.2, 0.25) is 0 Å². The molecule has 2 aliphatic rings. The molecule has 0 atom stereocenters. The molecular weight excluding hydrogens is 1720 g/mol. The molecule has 0 amide bonds. The predicted molar refractivity (Wildman–Crippen MR) is 610 cm³/mol. The van der Waals surface area contributed by atoms with Gasteiger partial charge in [-0.3, -0.25) is 0 Å². The van der Waals surface area contributed by atoms with Crippen molar-refractivity contribution in [2.75, 3.05) is 9.80 Å². The molecule has 0 saturated heterocycles. The van der Waals surface area contributed by atoms with E-state index >= 15 is 0 Å². The smallest absolute Gasteiger partial charge is 0.252 e. The minimum Gasteiger partial charge on any atom is -0.310 e. The van der Waals surface area contributed by atoms with Crippen molar-refractivity contribution in [1.29, 1.82) is 0 Å². The maximum absolute atomic E-state index is 11.1. The quantitative estimate of drug-likeness (QED) is 0.0897. The SMILES string of the molecule is [2H]c1c([2H])c([2H])c2c(c1[2H])c1c([2H])c(-n3c4c([2H])c([2H])c([2H])c([2H])c4c4c([2H])c([2H])c([2H])c([2H])c43)c([2H])c([2H])c1n2-c1ccc2c(c1)N(c1c(-c3cccc(-c4ccccc4)c3)cc(C(C)(C)C)cc1-c1cccc(-c3ccccc3)c1)c1cc(-c3ccc(C(C)(C)C)cc3)cc3c1B2c1cc(-c2cc(-c4ccccc4)cc(-c4ccccc4)c2)ccc1N3c1c(-c2cccc(-c3ccccc3)c2)cc(C(C)(C)C)cc1-c1cccc(-c2ccccc2)c1. The fraction of sp³-hybridized carbons (Fsp3) is 0.0870. The lowest BCUT2D eigenvalue weighted by molar-refractivity contribution is 0.590. The summed E-state index contributed by atoms with van der Waals surface area (Å²) in [5.74, 6) is 0. The first kappa shape index (κ1) is 72.2. The normalized spacial score (nSPS) is 13.9.